The molecule has 138 valence electrons. The predicted molar refractivity (Wildman–Crippen MR) is 96.4 cm³/mol. The summed E-state index contributed by atoms with van der Waals surface area (Å²) < 4.78 is 30.8. The zero-order valence-corrected chi connectivity index (χ0v) is 15.3. The van der Waals surface area contributed by atoms with Crippen LogP contribution < -0.4 is 10.6 Å². The Morgan fingerprint density at radius 1 is 1.40 bits per heavy atom. The summed E-state index contributed by atoms with van der Waals surface area (Å²) in [4.78, 5) is 13.5. The van der Waals surface area contributed by atoms with Crippen molar-refractivity contribution in [3.63, 3.8) is 0 Å². The molecule has 9 heteroatoms. The minimum atomic E-state index is -3.34. The van der Waals surface area contributed by atoms with E-state index in [-0.39, 0.29) is 24.7 Å². The van der Waals surface area contributed by atoms with Gasteiger partial charge in [-0.15, -0.1) is 0 Å². The summed E-state index contributed by atoms with van der Waals surface area (Å²) in [5.41, 5.74) is 6.60. The van der Waals surface area contributed by atoms with E-state index in [0.29, 0.717) is 17.7 Å². The summed E-state index contributed by atoms with van der Waals surface area (Å²) in [6.45, 7) is 2.33. The van der Waals surface area contributed by atoms with Gasteiger partial charge in [-0.2, -0.15) is 0 Å². The van der Waals surface area contributed by atoms with Crippen molar-refractivity contribution < 1.29 is 17.9 Å². The molecule has 0 radical (unpaired) electrons. The fourth-order valence-corrected chi connectivity index (χ4v) is 3.89. The van der Waals surface area contributed by atoms with Crippen LogP contribution in [0.4, 0.5) is 10.5 Å². The van der Waals surface area contributed by atoms with Crippen molar-refractivity contribution in [1.29, 1.82) is 5.41 Å². The number of anilines is 1. The van der Waals surface area contributed by atoms with Crippen LogP contribution in [0, 0.1) is 5.41 Å². The zero-order chi connectivity index (χ0) is 18.6. The molecule has 0 spiro atoms. The molecule has 0 aromatic heterocycles. The lowest BCUT2D eigenvalue weighted by molar-refractivity contribution is 0.131. The van der Waals surface area contributed by atoms with E-state index in [9.17, 15) is 13.2 Å². The highest BCUT2D eigenvalue weighted by atomic mass is 32.2. The van der Waals surface area contributed by atoms with Gasteiger partial charge in [0.05, 0.1) is 18.8 Å². The second kappa shape index (κ2) is 7.83. The number of nitrogens with one attached hydrogen (secondary N) is 1. The van der Waals surface area contributed by atoms with Gasteiger partial charge in [-0.1, -0.05) is 13.3 Å². The van der Waals surface area contributed by atoms with Crippen LogP contribution in [0.25, 0.3) is 0 Å². The van der Waals surface area contributed by atoms with Gasteiger partial charge in [0, 0.05) is 18.3 Å². The second-order valence-corrected chi connectivity index (χ2v) is 8.22. The average Bonchev–Trinajstić information content (AvgIpc) is 2.93. The van der Waals surface area contributed by atoms with Crippen LogP contribution in [-0.4, -0.2) is 56.6 Å². The number of benzene rings is 1. The Morgan fingerprint density at radius 2 is 2.04 bits per heavy atom. The number of hydrogen-bond donors (Lipinski definition) is 2. The summed E-state index contributed by atoms with van der Waals surface area (Å²) in [5.74, 6) is 0.0454. The molecule has 1 aromatic carbocycles. The van der Waals surface area contributed by atoms with E-state index in [1.54, 1.807) is 24.3 Å². The minimum Gasteiger partial charge on any atom is -0.443 e. The number of unbranched alkanes of at least 4 members (excludes halogenated alkanes) is 1. The third-order valence-corrected chi connectivity index (χ3v) is 5.96. The summed E-state index contributed by atoms with van der Waals surface area (Å²) in [5, 5.41) is 7.38. The molecule has 1 fully saturated rings. The SMILES string of the molecule is CCCCS(=O)(=O)N(C)CC1CN(c2ccc(C(=N)N)cc2)C(=O)O1. The summed E-state index contributed by atoms with van der Waals surface area (Å²) in [6, 6.07) is 6.67. The maximum absolute atomic E-state index is 12.2. The molecule has 25 heavy (non-hydrogen) atoms. The zero-order valence-electron chi connectivity index (χ0n) is 14.4. The van der Waals surface area contributed by atoms with Crippen LogP contribution in [0.3, 0.4) is 0 Å². The van der Waals surface area contributed by atoms with Crippen molar-refractivity contribution in [1.82, 2.24) is 4.31 Å². The Morgan fingerprint density at radius 3 is 2.60 bits per heavy atom. The first-order valence-corrected chi connectivity index (χ1v) is 9.72. The average molecular weight is 368 g/mol. The third-order valence-electron chi connectivity index (χ3n) is 4.06. The third kappa shape index (κ3) is 4.70. The van der Waals surface area contributed by atoms with E-state index in [0.717, 1.165) is 6.42 Å². The predicted octanol–water partition coefficient (Wildman–Crippen LogP) is 1.36. The highest BCUT2D eigenvalue weighted by Crippen LogP contribution is 2.23. The Kier molecular flexibility index (Phi) is 6.02. The highest BCUT2D eigenvalue weighted by Gasteiger charge is 2.34. The number of amides is 1. The fraction of sp³-hybridized carbons (Fsp3) is 0.500. The number of ether oxygens (including phenoxy) is 1. The lowest BCUT2D eigenvalue weighted by atomic mass is 10.2. The van der Waals surface area contributed by atoms with Gasteiger partial charge in [-0.25, -0.2) is 17.5 Å². The molecule has 3 N–H and O–H groups in total. The van der Waals surface area contributed by atoms with Gasteiger partial charge in [0.2, 0.25) is 10.0 Å². The number of likely N-dealkylation sites (N-methyl/N-ethyl adjacent to an activating group) is 1. The second-order valence-electron chi connectivity index (χ2n) is 6.03. The van der Waals surface area contributed by atoms with Crippen molar-refractivity contribution >= 4 is 27.6 Å². The van der Waals surface area contributed by atoms with Gasteiger partial charge < -0.3 is 10.5 Å². The number of carbonyl (C=O) groups is 1. The van der Waals surface area contributed by atoms with E-state index >= 15 is 0 Å². The molecular weight excluding hydrogens is 344 g/mol. The minimum absolute atomic E-state index is 0.0488. The van der Waals surface area contributed by atoms with Crippen molar-refractivity contribution in [2.75, 3.05) is 30.8 Å². The standard InChI is InChI=1S/C16H24N4O4S/c1-3-4-9-25(22,23)19(2)10-14-11-20(16(21)24-14)13-7-5-12(6-8-13)15(17)18/h5-8,14H,3-4,9-11H2,1-2H3,(H3,17,18). The van der Waals surface area contributed by atoms with Crippen LogP contribution in [0.15, 0.2) is 24.3 Å². The lowest BCUT2D eigenvalue weighted by Gasteiger charge is -2.19. The Bertz CT molecular complexity index is 733. The fourth-order valence-electron chi connectivity index (χ4n) is 2.53. The first-order valence-electron chi connectivity index (χ1n) is 8.11. The van der Waals surface area contributed by atoms with Crippen molar-refractivity contribution in [2.24, 2.45) is 5.73 Å². The van der Waals surface area contributed by atoms with Crippen LogP contribution in [0.1, 0.15) is 25.3 Å². The first-order chi connectivity index (χ1) is 11.7. The molecule has 1 atom stereocenters. The molecule has 1 aromatic rings. The van der Waals surface area contributed by atoms with E-state index in [2.05, 4.69) is 0 Å². The quantitative estimate of drug-likeness (QED) is 0.531. The number of sulfonamides is 1. The largest absolute Gasteiger partial charge is 0.443 e. The van der Waals surface area contributed by atoms with Gasteiger partial charge in [0.15, 0.2) is 0 Å². The molecule has 2 rings (SSSR count). The monoisotopic (exact) mass is 368 g/mol. The van der Waals surface area contributed by atoms with E-state index in [1.165, 1.54) is 16.3 Å². The van der Waals surface area contributed by atoms with Crippen molar-refractivity contribution in [3.05, 3.63) is 29.8 Å². The molecule has 0 saturated carbocycles. The Labute approximate surface area is 148 Å². The van der Waals surface area contributed by atoms with Crippen LogP contribution in [0.5, 0.6) is 0 Å². The van der Waals surface area contributed by atoms with E-state index < -0.39 is 22.2 Å². The van der Waals surface area contributed by atoms with Gasteiger partial charge in [-0.3, -0.25) is 10.3 Å². The Hall–Kier alpha value is -2.13. The van der Waals surface area contributed by atoms with E-state index in [4.69, 9.17) is 15.9 Å². The lowest BCUT2D eigenvalue weighted by Crippen LogP contribution is -2.37. The molecule has 8 nitrogen and oxygen atoms in total. The summed E-state index contributed by atoms with van der Waals surface area (Å²) in [6.07, 6.45) is 0.364. The topological polar surface area (TPSA) is 117 Å². The highest BCUT2D eigenvalue weighted by molar-refractivity contribution is 7.89. The van der Waals surface area contributed by atoms with Crippen LogP contribution in [0.2, 0.25) is 0 Å². The maximum atomic E-state index is 12.2. The maximum Gasteiger partial charge on any atom is 0.414 e. The smallest absolute Gasteiger partial charge is 0.414 e. The number of hydrogen-bond acceptors (Lipinski definition) is 5. The number of rotatable bonds is 8. The molecule has 0 bridgehead atoms. The van der Waals surface area contributed by atoms with Gasteiger partial charge in [0.1, 0.15) is 11.9 Å². The van der Waals surface area contributed by atoms with E-state index in [1.807, 2.05) is 6.92 Å². The number of cyclic esters (lactones) is 1. The molecular formula is C16H24N4O4S. The van der Waals surface area contributed by atoms with Gasteiger partial charge in [0.25, 0.3) is 0 Å². The number of nitrogens with zero attached hydrogens (tertiary/aromatic N) is 2. The first kappa shape index (κ1) is 19.2. The van der Waals surface area contributed by atoms with Crippen LogP contribution in [-0.2, 0) is 14.8 Å². The molecule has 1 saturated heterocycles. The summed E-state index contributed by atoms with van der Waals surface area (Å²) >= 11 is 0. The van der Waals surface area contributed by atoms with Crippen molar-refractivity contribution in [2.45, 2.75) is 25.9 Å². The summed E-state index contributed by atoms with van der Waals surface area (Å²) in [7, 11) is -1.84. The molecule has 1 aliphatic heterocycles. The number of carbonyl (C=O) groups excluding carboxylic acids is 1. The van der Waals surface area contributed by atoms with Gasteiger partial charge >= 0.3 is 6.09 Å². The van der Waals surface area contributed by atoms with Crippen LogP contribution >= 0.6 is 0 Å². The van der Waals surface area contributed by atoms with Gasteiger partial charge in [-0.05, 0) is 30.7 Å². The molecule has 1 amide bonds. The Balaban J connectivity index is 2.01. The number of nitrogens with two attached hydrogens (primary N) is 1. The molecule has 0 aliphatic carbocycles. The number of nitrogen functional groups attached to an aromatic ring is 1. The number of amidine groups is 1. The molecule has 1 heterocycles. The molecule has 1 unspecified atom stereocenters. The normalized spacial score (nSPS) is 17.8. The molecule has 1 aliphatic rings. The van der Waals surface area contributed by atoms with Crippen molar-refractivity contribution in [3.8, 4) is 0 Å².